The Morgan fingerprint density at radius 1 is 1.42 bits per heavy atom. The molecule has 0 saturated carbocycles. The molecule has 12 heavy (non-hydrogen) atoms. The molecule has 0 aromatic rings. The second-order valence-corrected chi connectivity index (χ2v) is 3.49. The summed E-state index contributed by atoms with van der Waals surface area (Å²) in [6.07, 6.45) is 8.07. The molecular formula is C10H18ClN. The van der Waals surface area contributed by atoms with Crippen LogP contribution in [0.4, 0.5) is 0 Å². The van der Waals surface area contributed by atoms with Crippen molar-refractivity contribution in [3.05, 3.63) is 23.3 Å². The van der Waals surface area contributed by atoms with Crippen LogP contribution in [0.1, 0.15) is 19.8 Å². The Labute approximate surface area is 80.7 Å². The number of allylic oxidation sites excluding steroid dienone is 3. The van der Waals surface area contributed by atoms with E-state index < -0.39 is 0 Å². The zero-order valence-electron chi connectivity index (χ0n) is 8.18. The highest BCUT2D eigenvalue weighted by Gasteiger charge is 1.92. The van der Waals surface area contributed by atoms with Crippen LogP contribution in [0, 0.1) is 0 Å². The molecule has 0 bridgehead atoms. The van der Waals surface area contributed by atoms with E-state index in [2.05, 4.69) is 17.9 Å². The van der Waals surface area contributed by atoms with E-state index in [4.69, 9.17) is 11.6 Å². The lowest BCUT2D eigenvalue weighted by Gasteiger charge is -2.07. The van der Waals surface area contributed by atoms with Crippen molar-refractivity contribution >= 4 is 11.6 Å². The summed E-state index contributed by atoms with van der Waals surface area (Å²) >= 11 is 5.94. The number of hydrogen-bond donors (Lipinski definition) is 0. The molecular weight excluding hydrogens is 170 g/mol. The topological polar surface area (TPSA) is 3.24 Å². The summed E-state index contributed by atoms with van der Waals surface area (Å²) in [6.45, 7) is 3.12. The molecule has 2 heteroatoms. The van der Waals surface area contributed by atoms with Gasteiger partial charge >= 0.3 is 0 Å². The third-order valence-electron chi connectivity index (χ3n) is 1.45. The molecule has 70 valence electrons. The average Bonchev–Trinajstić information content (AvgIpc) is 2.01. The fourth-order valence-electron chi connectivity index (χ4n) is 0.722. The van der Waals surface area contributed by atoms with Gasteiger partial charge in [-0.15, -0.1) is 0 Å². The van der Waals surface area contributed by atoms with Gasteiger partial charge in [0.25, 0.3) is 0 Å². The maximum absolute atomic E-state index is 5.94. The summed E-state index contributed by atoms with van der Waals surface area (Å²) in [4.78, 5) is 2.12. The predicted octanol–water partition coefficient (Wildman–Crippen LogP) is 3.03. The van der Waals surface area contributed by atoms with Gasteiger partial charge < -0.3 is 4.90 Å². The molecule has 0 heterocycles. The van der Waals surface area contributed by atoms with Crippen LogP contribution >= 0.6 is 11.6 Å². The minimum atomic E-state index is 0.924. The Hall–Kier alpha value is -0.270. The maximum atomic E-state index is 5.94. The largest absolute Gasteiger partial charge is 0.309 e. The molecule has 0 aliphatic carbocycles. The van der Waals surface area contributed by atoms with E-state index in [-0.39, 0.29) is 0 Å². The SMILES string of the molecule is CC/C=C\C=C(\Cl)CCN(C)C. The third-order valence-corrected chi connectivity index (χ3v) is 1.76. The smallest absolute Gasteiger partial charge is 0.0193 e. The fourth-order valence-corrected chi connectivity index (χ4v) is 0.880. The Balaban J connectivity index is 3.63. The Kier molecular flexibility index (Phi) is 7.22. The standard InChI is InChI=1S/C10H18ClN/c1-4-5-6-7-10(11)8-9-12(2)3/h5-7H,4,8-9H2,1-3H3/b6-5-,10-7+. The molecule has 0 amide bonds. The van der Waals surface area contributed by atoms with Crippen molar-refractivity contribution < 1.29 is 0 Å². The average molecular weight is 188 g/mol. The van der Waals surface area contributed by atoms with Crippen molar-refractivity contribution in [2.24, 2.45) is 0 Å². The monoisotopic (exact) mass is 187 g/mol. The lowest BCUT2D eigenvalue weighted by molar-refractivity contribution is 0.416. The summed E-state index contributed by atoms with van der Waals surface area (Å²) in [5, 5.41) is 0.924. The van der Waals surface area contributed by atoms with E-state index in [0.29, 0.717) is 0 Å². The molecule has 0 fully saturated rings. The van der Waals surface area contributed by atoms with Gasteiger partial charge in [-0.05, 0) is 33.0 Å². The van der Waals surface area contributed by atoms with Crippen LogP contribution in [0.2, 0.25) is 0 Å². The minimum Gasteiger partial charge on any atom is -0.309 e. The first-order valence-corrected chi connectivity index (χ1v) is 4.70. The highest BCUT2D eigenvalue weighted by Crippen LogP contribution is 2.07. The van der Waals surface area contributed by atoms with Crippen molar-refractivity contribution in [3.63, 3.8) is 0 Å². The number of hydrogen-bond acceptors (Lipinski definition) is 1. The van der Waals surface area contributed by atoms with Gasteiger partial charge in [-0.1, -0.05) is 30.7 Å². The molecule has 0 N–H and O–H groups in total. The zero-order valence-corrected chi connectivity index (χ0v) is 8.93. The van der Waals surface area contributed by atoms with Gasteiger partial charge in [0.2, 0.25) is 0 Å². The van der Waals surface area contributed by atoms with Gasteiger partial charge in [-0.25, -0.2) is 0 Å². The van der Waals surface area contributed by atoms with Crippen molar-refractivity contribution in [1.29, 1.82) is 0 Å². The molecule has 0 atom stereocenters. The van der Waals surface area contributed by atoms with E-state index in [0.717, 1.165) is 24.4 Å². The molecule has 0 aromatic heterocycles. The van der Waals surface area contributed by atoms with Gasteiger partial charge in [0, 0.05) is 11.6 Å². The number of nitrogens with zero attached hydrogens (tertiary/aromatic N) is 1. The van der Waals surface area contributed by atoms with Crippen molar-refractivity contribution in [3.8, 4) is 0 Å². The quantitative estimate of drug-likeness (QED) is 0.599. The van der Waals surface area contributed by atoms with Gasteiger partial charge in [-0.3, -0.25) is 0 Å². The first-order valence-electron chi connectivity index (χ1n) is 4.32. The van der Waals surface area contributed by atoms with Crippen molar-refractivity contribution in [2.45, 2.75) is 19.8 Å². The second kappa shape index (κ2) is 7.38. The molecule has 0 aliphatic heterocycles. The third kappa shape index (κ3) is 7.83. The molecule has 0 saturated heterocycles. The van der Waals surface area contributed by atoms with Gasteiger partial charge in [-0.2, -0.15) is 0 Å². The van der Waals surface area contributed by atoms with Crippen molar-refractivity contribution in [1.82, 2.24) is 4.90 Å². The summed E-state index contributed by atoms with van der Waals surface area (Å²) in [5.74, 6) is 0. The highest BCUT2D eigenvalue weighted by atomic mass is 35.5. The Morgan fingerprint density at radius 2 is 2.08 bits per heavy atom. The number of halogens is 1. The molecule has 0 spiro atoms. The summed E-state index contributed by atoms with van der Waals surface area (Å²) in [6, 6.07) is 0. The van der Waals surface area contributed by atoms with Crippen LogP contribution in [-0.4, -0.2) is 25.5 Å². The molecule has 0 unspecified atom stereocenters. The van der Waals surface area contributed by atoms with Crippen LogP contribution < -0.4 is 0 Å². The Morgan fingerprint density at radius 3 is 2.58 bits per heavy atom. The molecule has 0 aromatic carbocycles. The Bertz CT molecular complexity index is 159. The van der Waals surface area contributed by atoms with Crippen LogP contribution in [0.15, 0.2) is 23.3 Å². The van der Waals surface area contributed by atoms with Crippen LogP contribution in [0.5, 0.6) is 0 Å². The zero-order chi connectivity index (χ0) is 9.40. The fraction of sp³-hybridized carbons (Fsp3) is 0.600. The molecule has 1 nitrogen and oxygen atoms in total. The molecule has 0 radical (unpaired) electrons. The van der Waals surface area contributed by atoms with Gasteiger partial charge in [0.05, 0.1) is 0 Å². The van der Waals surface area contributed by atoms with E-state index in [1.807, 2.05) is 26.2 Å². The predicted molar refractivity (Wildman–Crippen MR) is 56.5 cm³/mol. The summed E-state index contributed by atoms with van der Waals surface area (Å²) in [7, 11) is 4.10. The highest BCUT2D eigenvalue weighted by molar-refractivity contribution is 6.29. The van der Waals surface area contributed by atoms with Crippen LogP contribution in [0.3, 0.4) is 0 Å². The summed E-state index contributed by atoms with van der Waals surface area (Å²) in [5.41, 5.74) is 0. The molecule has 0 rings (SSSR count). The van der Waals surface area contributed by atoms with E-state index in [9.17, 15) is 0 Å². The van der Waals surface area contributed by atoms with E-state index in [1.54, 1.807) is 0 Å². The first-order chi connectivity index (χ1) is 5.66. The van der Waals surface area contributed by atoms with E-state index >= 15 is 0 Å². The van der Waals surface area contributed by atoms with E-state index in [1.165, 1.54) is 0 Å². The van der Waals surface area contributed by atoms with Gasteiger partial charge in [0.15, 0.2) is 0 Å². The molecule has 0 aliphatic rings. The van der Waals surface area contributed by atoms with Gasteiger partial charge in [0.1, 0.15) is 0 Å². The van der Waals surface area contributed by atoms with Crippen LogP contribution in [-0.2, 0) is 0 Å². The normalized spacial score (nSPS) is 13.2. The lowest BCUT2D eigenvalue weighted by Crippen LogP contribution is -2.12. The first kappa shape index (κ1) is 11.7. The minimum absolute atomic E-state index is 0.924. The number of rotatable bonds is 5. The second-order valence-electron chi connectivity index (χ2n) is 3.00. The lowest BCUT2D eigenvalue weighted by atomic mass is 10.3. The summed E-state index contributed by atoms with van der Waals surface area (Å²) < 4.78 is 0. The van der Waals surface area contributed by atoms with Crippen LogP contribution in [0.25, 0.3) is 0 Å². The van der Waals surface area contributed by atoms with Crippen molar-refractivity contribution in [2.75, 3.05) is 20.6 Å². The maximum Gasteiger partial charge on any atom is 0.0193 e.